The van der Waals surface area contributed by atoms with Crippen molar-refractivity contribution in [1.29, 1.82) is 0 Å². The van der Waals surface area contributed by atoms with Gasteiger partial charge in [-0.2, -0.15) is 4.98 Å². The van der Waals surface area contributed by atoms with Crippen LogP contribution in [-0.4, -0.2) is 37.9 Å². The molecule has 8 nitrogen and oxygen atoms in total. The Kier molecular flexibility index (Phi) is 5.64. The van der Waals surface area contributed by atoms with E-state index in [9.17, 15) is 0 Å². The molecule has 1 aromatic heterocycles. The third-order valence-corrected chi connectivity index (χ3v) is 3.47. The van der Waals surface area contributed by atoms with Crippen LogP contribution in [0.5, 0.6) is 17.2 Å². The standard InChI is InChI=1S/C16H22N4O4/c1-5-24-13(10-8-19-16(18)20-15(10)17)9-6-11(21-2)14(23-4)12(7-9)22-3/h6-8,13H,5H2,1-4H3,(H4,17,18,19,20). The quantitative estimate of drug-likeness (QED) is 0.787. The summed E-state index contributed by atoms with van der Waals surface area (Å²) in [4.78, 5) is 8.01. The van der Waals surface area contributed by atoms with Crippen LogP contribution in [0.4, 0.5) is 11.8 Å². The van der Waals surface area contributed by atoms with Gasteiger partial charge in [0.15, 0.2) is 11.5 Å². The van der Waals surface area contributed by atoms with Gasteiger partial charge in [0, 0.05) is 18.4 Å². The zero-order valence-electron chi connectivity index (χ0n) is 14.2. The Labute approximate surface area is 140 Å². The first kappa shape index (κ1) is 17.6. The number of hydrogen-bond donors (Lipinski definition) is 2. The maximum atomic E-state index is 5.99. The first-order valence-corrected chi connectivity index (χ1v) is 7.35. The molecule has 0 spiro atoms. The maximum absolute atomic E-state index is 5.99. The van der Waals surface area contributed by atoms with Crippen LogP contribution < -0.4 is 25.7 Å². The summed E-state index contributed by atoms with van der Waals surface area (Å²) in [5.41, 5.74) is 12.9. The molecule has 8 heteroatoms. The van der Waals surface area contributed by atoms with Crippen molar-refractivity contribution in [2.45, 2.75) is 13.0 Å². The number of anilines is 2. The molecule has 1 aromatic carbocycles. The minimum Gasteiger partial charge on any atom is -0.493 e. The largest absolute Gasteiger partial charge is 0.493 e. The second-order valence-electron chi connectivity index (χ2n) is 4.86. The predicted octanol–water partition coefficient (Wildman–Crippen LogP) is 1.79. The van der Waals surface area contributed by atoms with Crippen LogP contribution in [0.3, 0.4) is 0 Å². The van der Waals surface area contributed by atoms with Crippen LogP contribution >= 0.6 is 0 Å². The van der Waals surface area contributed by atoms with Gasteiger partial charge in [-0.1, -0.05) is 0 Å². The summed E-state index contributed by atoms with van der Waals surface area (Å²) >= 11 is 0. The van der Waals surface area contributed by atoms with E-state index in [1.807, 2.05) is 6.92 Å². The predicted molar refractivity (Wildman–Crippen MR) is 90.4 cm³/mol. The number of ether oxygens (including phenoxy) is 4. The van der Waals surface area contributed by atoms with E-state index < -0.39 is 6.10 Å². The number of nitrogens with zero attached hydrogens (tertiary/aromatic N) is 2. The second kappa shape index (κ2) is 7.69. The SMILES string of the molecule is CCOC(c1cc(OC)c(OC)c(OC)c1)c1cnc(N)nc1N. The number of aromatic nitrogens is 2. The lowest BCUT2D eigenvalue weighted by molar-refractivity contribution is 0.0910. The summed E-state index contributed by atoms with van der Waals surface area (Å²) in [7, 11) is 4.65. The fourth-order valence-corrected chi connectivity index (χ4v) is 2.41. The van der Waals surface area contributed by atoms with E-state index in [1.54, 1.807) is 39.7 Å². The molecule has 0 bridgehead atoms. The van der Waals surface area contributed by atoms with Crippen LogP contribution in [0.2, 0.25) is 0 Å². The molecule has 24 heavy (non-hydrogen) atoms. The van der Waals surface area contributed by atoms with Crippen LogP contribution in [0, 0.1) is 0 Å². The van der Waals surface area contributed by atoms with Crippen LogP contribution in [0.25, 0.3) is 0 Å². The van der Waals surface area contributed by atoms with Crippen molar-refractivity contribution in [3.63, 3.8) is 0 Å². The lowest BCUT2D eigenvalue weighted by Gasteiger charge is -2.21. The van der Waals surface area contributed by atoms with Crippen molar-refractivity contribution in [2.24, 2.45) is 0 Å². The summed E-state index contributed by atoms with van der Waals surface area (Å²) in [6, 6.07) is 3.61. The molecule has 0 amide bonds. The van der Waals surface area contributed by atoms with Gasteiger partial charge in [-0.25, -0.2) is 4.98 Å². The summed E-state index contributed by atoms with van der Waals surface area (Å²) in [6.07, 6.45) is 1.06. The average molecular weight is 334 g/mol. The molecular weight excluding hydrogens is 312 g/mol. The Morgan fingerprint density at radius 3 is 2.12 bits per heavy atom. The zero-order chi connectivity index (χ0) is 17.7. The Morgan fingerprint density at radius 1 is 1.04 bits per heavy atom. The highest BCUT2D eigenvalue weighted by Gasteiger charge is 2.23. The molecule has 0 fully saturated rings. The number of benzene rings is 1. The molecule has 4 N–H and O–H groups in total. The minimum atomic E-state index is -0.496. The molecule has 0 saturated carbocycles. The number of hydrogen-bond acceptors (Lipinski definition) is 8. The zero-order valence-corrected chi connectivity index (χ0v) is 14.2. The Hall–Kier alpha value is -2.74. The molecular formula is C16H22N4O4. The van der Waals surface area contributed by atoms with Gasteiger partial charge in [0.2, 0.25) is 11.7 Å². The summed E-state index contributed by atoms with van der Waals surface area (Å²) < 4.78 is 22.0. The number of nitrogen functional groups attached to an aromatic ring is 2. The highest BCUT2D eigenvalue weighted by atomic mass is 16.5. The van der Waals surface area contributed by atoms with Gasteiger partial charge < -0.3 is 30.4 Å². The van der Waals surface area contributed by atoms with E-state index in [0.717, 1.165) is 5.56 Å². The minimum absolute atomic E-state index is 0.108. The molecule has 1 heterocycles. The number of nitrogens with two attached hydrogens (primary N) is 2. The van der Waals surface area contributed by atoms with Crippen LogP contribution in [0.15, 0.2) is 18.3 Å². The Bertz CT molecular complexity index is 683. The van der Waals surface area contributed by atoms with Crippen molar-refractivity contribution in [3.8, 4) is 17.2 Å². The monoisotopic (exact) mass is 334 g/mol. The van der Waals surface area contributed by atoms with E-state index in [4.69, 9.17) is 30.4 Å². The molecule has 1 unspecified atom stereocenters. The van der Waals surface area contributed by atoms with Gasteiger partial charge in [0.1, 0.15) is 11.9 Å². The van der Waals surface area contributed by atoms with E-state index in [0.29, 0.717) is 29.4 Å². The second-order valence-corrected chi connectivity index (χ2v) is 4.86. The smallest absolute Gasteiger partial charge is 0.221 e. The molecule has 2 rings (SSSR count). The van der Waals surface area contributed by atoms with Gasteiger partial charge in [0.05, 0.1) is 21.3 Å². The molecule has 0 aliphatic carbocycles. The van der Waals surface area contributed by atoms with Crippen LogP contribution in [0.1, 0.15) is 24.2 Å². The van der Waals surface area contributed by atoms with Crippen molar-refractivity contribution in [2.75, 3.05) is 39.4 Å². The van der Waals surface area contributed by atoms with Gasteiger partial charge in [-0.15, -0.1) is 0 Å². The number of rotatable bonds is 7. The van der Waals surface area contributed by atoms with Crippen molar-refractivity contribution < 1.29 is 18.9 Å². The van der Waals surface area contributed by atoms with E-state index in [1.165, 1.54) is 0 Å². The highest BCUT2D eigenvalue weighted by Crippen LogP contribution is 2.42. The lowest BCUT2D eigenvalue weighted by atomic mass is 10.0. The molecule has 0 aliphatic heterocycles. The lowest BCUT2D eigenvalue weighted by Crippen LogP contribution is -2.12. The van der Waals surface area contributed by atoms with Crippen molar-refractivity contribution in [3.05, 3.63) is 29.5 Å². The maximum Gasteiger partial charge on any atom is 0.221 e. The van der Waals surface area contributed by atoms with E-state index >= 15 is 0 Å². The Balaban J connectivity index is 2.59. The average Bonchev–Trinajstić information content (AvgIpc) is 2.59. The molecule has 0 saturated heterocycles. The van der Waals surface area contributed by atoms with Crippen molar-refractivity contribution >= 4 is 11.8 Å². The van der Waals surface area contributed by atoms with Crippen LogP contribution in [-0.2, 0) is 4.74 Å². The summed E-state index contributed by atoms with van der Waals surface area (Å²) in [5.74, 6) is 1.91. The van der Waals surface area contributed by atoms with Crippen molar-refractivity contribution in [1.82, 2.24) is 9.97 Å². The fraction of sp³-hybridized carbons (Fsp3) is 0.375. The highest BCUT2D eigenvalue weighted by molar-refractivity contribution is 5.56. The molecule has 1 atom stereocenters. The molecule has 130 valence electrons. The summed E-state index contributed by atoms with van der Waals surface area (Å²) in [6.45, 7) is 2.35. The topological polar surface area (TPSA) is 115 Å². The first-order valence-electron chi connectivity index (χ1n) is 7.35. The van der Waals surface area contributed by atoms with Gasteiger partial charge in [0.25, 0.3) is 0 Å². The summed E-state index contributed by atoms with van der Waals surface area (Å²) in [5, 5.41) is 0. The number of methoxy groups -OCH3 is 3. The third-order valence-electron chi connectivity index (χ3n) is 3.47. The fourth-order valence-electron chi connectivity index (χ4n) is 2.41. The normalized spacial score (nSPS) is 11.8. The van der Waals surface area contributed by atoms with E-state index in [2.05, 4.69) is 9.97 Å². The molecule has 2 aromatic rings. The van der Waals surface area contributed by atoms with Gasteiger partial charge in [-0.05, 0) is 24.6 Å². The third kappa shape index (κ3) is 3.43. The van der Waals surface area contributed by atoms with Gasteiger partial charge in [-0.3, -0.25) is 0 Å². The Morgan fingerprint density at radius 2 is 1.67 bits per heavy atom. The van der Waals surface area contributed by atoms with E-state index in [-0.39, 0.29) is 11.8 Å². The van der Waals surface area contributed by atoms with Gasteiger partial charge >= 0.3 is 0 Å². The first-order chi connectivity index (χ1) is 11.5. The molecule has 0 aliphatic rings. The molecule has 0 radical (unpaired) electrons.